The van der Waals surface area contributed by atoms with Gasteiger partial charge in [0, 0.05) is 19.8 Å². The second kappa shape index (κ2) is 32.0. The van der Waals surface area contributed by atoms with E-state index < -0.39 is 0 Å². The highest BCUT2D eigenvalue weighted by molar-refractivity contribution is 5.54. The quantitative estimate of drug-likeness (QED) is 0.0995. The molecule has 0 radical (unpaired) electrons. The fraction of sp³-hybridized carbons (Fsp3) is 0.850. The van der Waals surface area contributed by atoms with Crippen LogP contribution in [0.4, 0.5) is 0 Å². The molecule has 16 heteroatoms. The normalized spacial score (nSPS) is 20.3. The molecule has 3 aliphatic heterocycles. The molecule has 3 heterocycles. The van der Waals surface area contributed by atoms with Crippen molar-refractivity contribution in [1.82, 2.24) is 0 Å². The number of aliphatic hydroxyl groups excluding tert-OH is 1. The summed E-state index contributed by atoms with van der Waals surface area (Å²) in [5.74, 6) is 1.25. The highest BCUT2D eigenvalue weighted by Crippen LogP contribution is 2.39. The molecule has 324 valence electrons. The molecule has 0 amide bonds. The number of benzene rings is 1. The highest BCUT2D eigenvalue weighted by atomic mass is 16.7. The Bertz CT molecular complexity index is 1010. The van der Waals surface area contributed by atoms with Crippen LogP contribution in [-0.2, 0) is 63.4 Å². The summed E-state index contributed by atoms with van der Waals surface area (Å²) in [4.78, 5) is 0. The van der Waals surface area contributed by atoms with Crippen molar-refractivity contribution in [1.29, 1.82) is 0 Å². The molecule has 0 aromatic heterocycles. The van der Waals surface area contributed by atoms with E-state index >= 15 is 0 Å². The standard InChI is InChI=1S/C40H68O16/c41-33-34-31-35(48-25-19-42-13-15-44-21-27-53-37-7-1-4-10-50-37)40(56-30-24-47-18-17-46-23-29-55-39-9-3-6-12-52-39)36(32-34)49-26-20-43-14-16-45-22-28-54-38-8-2-5-11-51-38/h31-32,37-39,41H,1-30,33H2. The summed E-state index contributed by atoms with van der Waals surface area (Å²) >= 11 is 0. The fourth-order valence-corrected chi connectivity index (χ4v) is 5.91. The summed E-state index contributed by atoms with van der Waals surface area (Å²) < 4.78 is 86.0. The van der Waals surface area contributed by atoms with Gasteiger partial charge in [-0.15, -0.1) is 0 Å². The van der Waals surface area contributed by atoms with Gasteiger partial charge in [-0.3, -0.25) is 0 Å². The van der Waals surface area contributed by atoms with Crippen LogP contribution in [0.2, 0.25) is 0 Å². The van der Waals surface area contributed by atoms with Crippen LogP contribution >= 0.6 is 0 Å². The number of hydrogen-bond acceptors (Lipinski definition) is 16. The molecule has 56 heavy (non-hydrogen) atoms. The lowest BCUT2D eigenvalue weighted by Crippen LogP contribution is -2.24. The van der Waals surface area contributed by atoms with Crippen molar-refractivity contribution in [3.63, 3.8) is 0 Å². The first-order chi connectivity index (χ1) is 27.8. The number of aliphatic hydroxyl groups is 1. The third kappa shape index (κ3) is 21.7. The van der Waals surface area contributed by atoms with Gasteiger partial charge in [-0.25, -0.2) is 0 Å². The van der Waals surface area contributed by atoms with Crippen molar-refractivity contribution < 1.29 is 76.2 Å². The Morgan fingerprint density at radius 3 is 1.05 bits per heavy atom. The zero-order valence-electron chi connectivity index (χ0n) is 33.4. The van der Waals surface area contributed by atoms with Gasteiger partial charge < -0.3 is 76.2 Å². The lowest BCUT2D eigenvalue weighted by Gasteiger charge is -2.22. The van der Waals surface area contributed by atoms with Crippen molar-refractivity contribution >= 4 is 0 Å². The Hall–Kier alpha value is -1.90. The fourth-order valence-electron chi connectivity index (χ4n) is 5.91. The van der Waals surface area contributed by atoms with Gasteiger partial charge in [0.15, 0.2) is 30.4 Å². The average molecular weight is 805 g/mol. The summed E-state index contributed by atoms with van der Waals surface area (Å²) in [6, 6.07) is 3.46. The Labute approximate surface area is 332 Å². The zero-order chi connectivity index (χ0) is 39.0. The molecule has 1 aromatic rings. The molecular weight excluding hydrogens is 736 g/mol. The van der Waals surface area contributed by atoms with E-state index in [2.05, 4.69) is 0 Å². The molecular formula is C40H68O16. The first-order valence-electron chi connectivity index (χ1n) is 20.6. The molecule has 0 bridgehead atoms. The predicted octanol–water partition coefficient (Wildman–Crippen LogP) is 4.04. The van der Waals surface area contributed by atoms with Gasteiger partial charge in [0.2, 0.25) is 5.75 Å². The highest BCUT2D eigenvalue weighted by Gasteiger charge is 2.18. The van der Waals surface area contributed by atoms with Crippen molar-refractivity contribution in [2.24, 2.45) is 0 Å². The molecule has 3 atom stereocenters. The molecule has 1 aromatic carbocycles. The maximum absolute atomic E-state index is 10.00. The largest absolute Gasteiger partial charge is 0.487 e. The molecule has 3 saturated heterocycles. The first kappa shape index (κ1) is 46.8. The van der Waals surface area contributed by atoms with Crippen molar-refractivity contribution in [3.05, 3.63) is 17.7 Å². The molecule has 3 aliphatic rings. The van der Waals surface area contributed by atoms with Crippen LogP contribution in [0.1, 0.15) is 63.4 Å². The average Bonchev–Trinajstić information content (AvgIpc) is 3.24. The molecule has 4 rings (SSSR count). The summed E-state index contributed by atoms with van der Waals surface area (Å²) in [5.41, 5.74) is 0.611. The number of hydrogen-bond donors (Lipinski definition) is 1. The molecule has 3 unspecified atom stereocenters. The maximum Gasteiger partial charge on any atom is 0.203 e. The third-order valence-corrected chi connectivity index (χ3v) is 8.83. The first-order valence-corrected chi connectivity index (χ1v) is 20.6. The number of ether oxygens (including phenoxy) is 15. The van der Waals surface area contributed by atoms with Crippen LogP contribution in [0.3, 0.4) is 0 Å². The van der Waals surface area contributed by atoms with Crippen LogP contribution in [0.25, 0.3) is 0 Å². The van der Waals surface area contributed by atoms with Crippen LogP contribution in [0.15, 0.2) is 12.1 Å². The summed E-state index contributed by atoms with van der Waals surface area (Å²) in [6.07, 6.45) is 9.10. The Morgan fingerprint density at radius 2 is 0.732 bits per heavy atom. The zero-order valence-corrected chi connectivity index (χ0v) is 33.4. The summed E-state index contributed by atoms with van der Waals surface area (Å²) in [6.45, 7) is 9.20. The Kier molecular flexibility index (Phi) is 26.7. The van der Waals surface area contributed by atoms with E-state index in [4.69, 9.17) is 71.1 Å². The van der Waals surface area contributed by atoms with E-state index in [1.807, 2.05) is 0 Å². The molecule has 3 fully saturated rings. The van der Waals surface area contributed by atoms with E-state index in [0.717, 1.165) is 77.6 Å². The Balaban J connectivity index is 1.12. The summed E-state index contributed by atoms with van der Waals surface area (Å²) in [5, 5.41) is 10.00. The summed E-state index contributed by atoms with van der Waals surface area (Å²) in [7, 11) is 0. The SMILES string of the molecule is OCc1cc(OCCOCCOCCOC2CCCCO2)c(OCCOCCOCCOC2CCCCO2)c(OCCOCCOCCOC2CCCCO2)c1. The van der Waals surface area contributed by atoms with Gasteiger partial charge in [0.05, 0.1) is 106 Å². The molecule has 16 nitrogen and oxygen atoms in total. The van der Waals surface area contributed by atoms with E-state index in [1.165, 1.54) is 0 Å². The van der Waals surface area contributed by atoms with Crippen molar-refractivity contribution in [2.75, 3.05) is 139 Å². The third-order valence-electron chi connectivity index (χ3n) is 8.83. The van der Waals surface area contributed by atoms with Gasteiger partial charge in [-0.1, -0.05) is 0 Å². The molecule has 1 N–H and O–H groups in total. The van der Waals surface area contributed by atoms with Gasteiger partial charge in [0.25, 0.3) is 0 Å². The van der Waals surface area contributed by atoms with Gasteiger partial charge in [-0.2, -0.15) is 0 Å². The van der Waals surface area contributed by atoms with E-state index in [0.29, 0.717) is 122 Å². The van der Waals surface area contributed by atoms with Crippen LogP contribution in [0.5, 0.6) is 17.2 Å². The minimum Gasteiger partial charge on any atom is -0.487 e. The van der Waals surface area contributed by atoms with Crippen LogP contribution < -0.4 is 14.2 Å². The van der Waals surface area contributed by atoms with E-state index in [9.17, 15) is 5.11 Å². The minimum atomic E-state index is -0.205. The minimum absolute atomic E-state index is 0.119. The second-order valence-corrected chi connectivity index (χ2v) is 13.3. The molecule has 0 saturated carbocycles. The predicted molar refractivity (Wildman–Crippen MR) is 202 cm³/mol. The molecule has 0 aliphatic carbocycles. The van der Waals surface area contributed by atoms with Gasteiger partial charge in [0.1, 0.15) is 19.8 Å². The van der Waals surface area contributed by atoms with E-state index in [-0.39, 0.29) is 45.3 Å². The Morgan fingerprint density at radius 1 is 0.411 bits per heavy atom. The topological polar surface area (TPSA) is 159 Å². The smallest absolute Gasteiger partial charge is 0.203 e. The van der Waals surface area contributed by atoms with Crippen LogP contribution in [0, 0.1) is 0 Å². The maximum atomic E-state index is 10.00. The second-order valence-electron chi connectivity index (χ2n) is 13.3. The van der Waals surface area contributed by atoms with E-state index in [1.54, 1.807) is 12.1 Å². The van der Waals surface area contributed by atoms with Crippen molar-refractivity contribution in [3.8, 4) is 17.2 Å². The van der Waals surface area contributed by atoms with Crippen LogP contribution in [-0.4, -0.2) is 163 Å². The van der Waals surface area contributed by atoms with Gasteiger partial charge >= 0.3 is 0 Å². The number of rotatable bonds is 34. The lowest BCUT2D eigenvalue weighted by atomic mass is 10.2. The monoisotopic (exact) mass is 804 g/mol. The molecule has 0 spiro atoms. The van der Waals surface area contributed by atoms with Crippen molar-refractivity contribution in [2.45, 2.75) is 83.3 Å². The lowest BCUT2D eigenvalue weighted by molar-refractivity contribution is -0.169. The van der Waals surface area contributed by atoms with Gasteiger partial charge in [-0.05, 0) is 75.5 Å².